The van der Waals surface area contributed by atoms with Crippen LogP contribution in [-0.4, -0.2) is 23.5 Å². The van der Waals surface area contributed by atoms with E-state index in [2.05, 4.69) is 16.2 Å². The van der Waals surface area contributed by atoms with Gasteiger partial charge in [0.2, 0.25) is 5.91 Å². The minimum Gasteiger partial charge on any atom is -0.483 e. The molecule has 0 fully saturated rings. The lowest BCUT2D eigenvalue weighted by atomic mass is 10.1. The molecule has 0 spiro atoms. The van der Waals surface area contributed by atoms with Gasteiger partial charge in [-0.25, -0.2) is 0 Å². The van der Waals surface area contributed by atoms with Gasteiger partial charge >= 0.3 is 0 Å². The normalized spacial score (nSPS) is 10.4. The van der Waals surface area contributed by atoms with E-state index in [1.54, 1.807) is 18.2 Å². The second-order valence-corrected chi connectivity index (χ2v) is 6.40. The zero-order valence-electron chi connectivity index (χ0n) is 15.8. The maximum absolute atomic E-state index is 12.0. The van der Waals surface area contributed by atoms with E-state index in [9.17, 15) is 9.59 Å². The highest BCUT2D eigenvalue weighted by atomic mass is 32.1. The number of hydrazine groups is 1. The third kappa shape index (κ3) is 6.32. The number of carbonyl (C=O) groups excluding carboxylic acids is 2. The molecule has 3 aromatic rings. The molecule has 152 valence electrons. The minimum absolute atomic E-state index is 0.0536. The van der Waals surface area contributed by atoms with Crippen LogP contribution in [0, 0.1) is 0 Å². The number of hydrogen-bond acceptors (Lipinski definition) is 5. The Bertz CT molecular complexity index is 1030. The minimum atomic E-state index is -0.466. The molecule has 0 aliphatic carbocycles. The van der Waals surface area contributed by atoms with Gasteiger partial charge in [-0.05, 0) is 42.1 Å². The molecule has 0 radical (unpaired) electrons. The monoisotopic (exact) mass is 421 g/mol. The van der Waals surface area contributed by atoms with Gasteiger partial charge in [-0.1, -0.05) is 48.5 Å². The summed E-state index contributed by atoms with van der Waals surface area (Å²) < 4.78 is 10.7. The fourth-order valence-corrected chi connectivity index (χ4v) is 2.63. The Kier molecular flexibility index (Phi) is 7.34. The summed E-state index contributed by atoms with van der Waals surface area (Å²) in [7, 11) is 0. The first-order chi connectivity index (χ1) is 14.6. The van der Waals surface area contributed by atoms with Gasteiger partial charge in [-0.15, -0.1) is 0 Å². The van der Waals surface area contributed by atoms with Crippen LogP contribution in [0.1, 0.15) is 5.76 Å². The Hall–Kier alpha value is -3.91. The number of amides is 2. The van der Waals surface area contributed by atoms with Crippen molar-refractivity contribution in [3.8, 4) is 16.9 Å². The molecule has 3 rings (SSSR count). The molecule has 7 nitrogen and oxygen atoms in total. The van der Waals surface area contributed by atoms with E-state index in [-0.39, 0.29) is 11.7 Å². The largest absolute Gasteiger partial charge is 0.483 e. The average Bonchev–Trinajstić information content (AvgIpc) is 3.29. The highest BCUT2D eigenvalue weighted by molar-refractivity contribution is 7.80. The van der Waals surface area contributed by atoms with Crippen molar-refractivity contribution in [2.45, 2.75) is 0 Å². The van der Waals surface area contributed by atoms with Crippen LogP contribution in [0.2, 0.25) is 0 Å². The van der Waals surface area contributed by atoms with Crippen LogP contribution < -0.4 is 20.9 Å². The molecule has 0 aliphatic rings. The number of furan rings is 1. The number of rotatable bonds is 6. The second-order valence-electron chi connectivity index (χ2n) is 5.99. The summed E-state index contributed by atoms with van der Waals surface area (Å²) in [5.41, 5.74) is 6.69. The molecule has 1 aromatic heterocycles. The number of para-hydroxylation sites is 1. The molecule has 8 heteroatoms. The van der Waals surface area contributed by atoms with Crippen LogP contribution in [0.25, 0.3) is 17.2 Å². The van der Waals surface area contributed by atoms with Crippen LogP contribution >= 0.6 is 12.2 Å². The molecule has 1 heterocycles. The Morgan fingerprint density at radius 1 is 0.967 bits per heavy atom. The topological polar surface area (TPSA) is 92.6 Å². The molecule has 3 N–H and O–H groups in total. The van der Waals surface area contributed by atoms with Gasteiger partial charge in [0, 0.05) is 11.6 Å². The number of thiocarbonyl (C=S) groups is 1. The first kappa shape index (κ1) is 20.8. The summed E-state index contributed by atoms with van der Waals surface area (Å²) >= 11 is 4.97. The van der Waals surface area contributed by atoms with E-state index < -0.39 is 11.8 Å². The highest BCUT2D eigenvalue weighted by Gasteiger charge is 2.09. The van der Waals surface area contributed by atoms with Gasteiger partial charge in [-0.3, -0.25) is 25.8 Å². The van der Waals surface area contributed by atoms with Gasteiger partial charge in [0.1, 0.15) is 11.5 Å². The Labute approximate surface area is 178 Å². The molecular weight excluding hydrogens is 402 g/mol. The zero-order valence-corrected chi connectivity index (χ0v) is 16.6. The highest BCUT2D eigenvalue weighted by Crippen LogP contribution is 2.29. The van der Waals surface area contributed by atoms with Crippen LogP contribution in [0.3, 0.4) is 0 Å². The van der Waals surface area contributed by atoms with Crippen molar-refractivity contribution in [3.63, 3.8) is 0 Å². The molecule has 0 atom stereocenters. The van der Waals surface area contributed by atoms with Crippen LogP contribution in [0.4, 0.5) is 0 Å². The van der Waals surface area contributed by atoms with E-state index in [0.29, 0.717) is 11.5 Å². The molecule has 0 aliphatic heterocycles. The van der Waals surface area contributed by atoms with Crippen molar-refractivity contribution >= 4 is 35.2 Å². The van der Waals surface area contributed by atoms with Crippen molar-refractivity contribution in [3.05, 3.63) is 84.8 Å². The average molecular weight is 421 g/mol. The van der Waals surface area contributed by atoms with Crippen molar-refractivity contribution in [1.82, 2.24) is 16.2 Å². The summed E-state index contributed by atoms with van der Waals surface area (Å²) in [4.78, 5) is 23.8. The number of nitrogens with one attached hydrogen (secondary N) is 3. The summed E-state index contributed by atoms with van der Waals surface area (Å²) in [6, 6.07) is 20.6. The van der Waals surface area contributed by atoms with Crippen molar-refractivity contribution < 1.29 is 18.7 Å². The van der Waals surface area contributed by atoms with E-state index in [0.717, 1.165) is 11.1 Å². The maximum Gasteiger partial charge on any atom is 0.276 e. The van der Waals surface area contributed by atoms with E-state index in [1.807, 2.05) is 48.5 Å². The van der Waals surface area contributed by atoms with Crippen LogP contribution in [-0.2, 0) is 9.59 Å². The second kappa shape index (κ2) is 10.6. The molecule has 2 amide bonds. The van der Waals surface area contributed by atoms with E-state index in [1.165, 1.54) is 18.4 Å². The number of benzene rings is 2. The Morgan fingerprint density at radius 3 is 2.50 bits per heavy atom. The molecule has 0 bridgehead atoms. The van der Waals surface area contributed by atoms with Gasteiger partial charge in [0.15, 0.2) is 11.7 Å². The molecule has 0 saturated carbocycles. The van der Waals surface area contributed by atoms with Gasteiger partial charge < -0.3 is 9.15 Å². The lowest BCUT2D eigenvalue weighted by molar-refractivity contribution is -0.123. The predicted molar refractivity (Wildman–Crippen MR) is 117 cm³/mol. The fourth-order valence-electron chi connectivity index (χ4n) is 2.48. The van der Waals surface area contributed by atoms with Gasteiger partial charge in [-0.2, -0.15) is 0 Å². The summed E-state index contributed by atoms with van der Waals surface area (Å²) in [5.74, 6) is 0.190. The van der Waals surface area contributed by atoms with E-state index >= 15 is 0 Å². The maximum atomic E-state index is 12.0. The smallest absolute Gasteiger partial charge is 0.276 e. The SMILES string of the molecule is O=C(C=Cc1ccco1)NC(=S)NNC(=O)COc1ccccc1-c1ccccc1. The quantitative estimate of drug-likeness (QED) is 0.322. The molecule has 2 aromatic carbocycles. The number of ether oxygens (including phenoxy) is 1. The van der Waals surface area contributed by atoms with Gasteiger partial charge in [0.25, 0.3) is 5.91 Å². The van der Waals surface area contributed by atoms with E-state index in [4.69, 9.17) is 21.4 Å². The number of carbonyl (C=O) groups is 2. The standard InChI is InChI=1S/C22H19N3O4S/c26-20(13-12-17-9-6-14-28-17)23-22(30)25-24-21(27)15-29-19-11-5-4-10-18(19)16-7-2-1-3-8-16/h1-14H,15H2,(H,24,27)(H2,23,25,26,30). The van der Waals surface area contributed by atoms with Gasteiger partial charge in [0.05, 0.1) is 6.26 Å². The van der Waals surface area contributed by atoms with Crippen LogP contribution in [0.15, 0.2) is 83.5 Å². The molecule has 0 unspecified atom stereocenters. The molecule has 0 saturated heterocycles. The van der Waals surface area contributed by atoms with Crippen molar-refractivity contribution in [1.29, 1.82) is 0 Å². The summed E-state index contributed by atoms with van der Waals surface area (Å²) in [6.45, 7) is -0.230. The first-order valence-electron chi connectivity index (χ1n) is 9.00. The number of hydrogen-bond donors (Lipinski definition) is 3. The third-order valence-electron chi connectivity index (χ3n) is 3.82. The lowest BCUT2D eigenvalue weighted by Gasteiger charge is -2.13. The van der Waals surface area contributed by atoms with Crippen molar-refractivity contribution in [2.75, 3.05) is 6.61 Å². The Morgan fingerprint density at radius 2 is 1.73 bits per heavy atom. The third-order valence-corrected chi connectivity index (χ3v) is 4.03. The Balaban J connectivity index is 1.44. The molecular formula is C22H19N3O4S. The summed E-state index contributed by atoms with van der Waals surface area (Å²) in [6.07, 6.45) is 4.26. The zero-order chi connectivity index (χ0) is 21.2. The van der Waals surface area contributed by atoms with Crippen LogP contribution in [0.5, 0.6) is 5.75 Å². The first-order valence-corrected chi connectivity index (χ1v) is 9.41. The summed E-state index contributed by atoms with van der Waals surface area (Å²) in [5, 5.41) is 2.35. The van der Waals surface area contributed by atoms with Crippen molar-refractivity contribution in [2.24, 2.45) is 0 Å². The fraction of sp³-hybridized carbons (Fsp3) is 0.0455. The molecule has 30 heavy (non-hydrogen) atoms. The lowest BCUT2D eigenvalue weighted by Crippen LogP contribution is -2.49. The predicted octanol–water partition coefficient (Wildman–Crippen LogP) is 3.06.